The topological polar surface area (TPSA) is 56.2 Å². The van der Waals surface area contributed by atoms with Crippen molar-refractivity contribution < 1.29 is 9.53 Å². The van der Waals surface area contributed by atoms with E-state index in [4.69, 9.17) is 4.74 Å². The van der Waals surface area contributed by atoms with E-state index in [1.54, 1.807) is 31.5 Å². The Morgan fingerprint density at radius 1 is 1.60 bits per heavy atom. The number of ether oxygens (including phenoxy) is 1. The fraction of sp³-hybridized carbons (Fsp3) is 0.556. The molecule has 1 aromatic heterocycles. The molecule has 0 saturated carbocycles. The van der Waals surface area contributed by atoms with Crippen LogP contribution in [-0.2, 0) is 11.8 Å². The molecule has 0 saturated heterocycles. The van der Waals surface area contributed by atoms with E-state index in [2.05, 4.69) is 26.2 Å². The summed E-state index contributed by atoms with van der Waals surface area (Å²) in [6.45, 7) is 5.42. The molecule has 0 bridgehead atoms. The zero-order valence-electron chi connectivity index (χ0n) is 9.17. The maximum absolute atomic E-state index is 11.4. The van der Waals surface area contributed by atoms with E-state index < -0.39 is 11.7 Å². The van der Waals surface area contributed by atoms with Crippen molar-refractivity contribution in [2.45, 2.75) is 26.4 Å². The van der Waals surface area contributed by atoms with Crippen LogP contribution >= 0.6 is 15.9 Å². The molecule has 6 heteroatoms. The van der Waals surface area contributed by atoms with Gasteiger partial charge < -0.3 is 9.30 Å². The second kappa shape index (κ2) is 4.22. The maximum atomic E-state index is 11.4. The van der Waals surface area contributed by atoms with E-state index >= 15 is 0 Å². The normalized spacial score (nSPS) is 11.3. The molecule has 0 unspecified atom stereocenters. The van der Waals surface area contributed by atoms with E-state index in [9.17, 15) is 4.79 Å². The van der Waals surface area contributed by atoms with Gasteiger partial charge in [0.15, 0.2) is 10.6 Å². The monoisotopic (exact) mass is 275 g/mol. The third-order valence-corrected chi connectivity index (χ3v) is 2.19. The summed E-state index contributed by atoms with van der Waals surface area (Å²) in [4.78, 5) is 15.4. The van der Waals surface area contributed by atoms with Crippen LogP contribution in [0.1, 0.15) is 20.8 Å². The summed E-state index contributed by atoms with van der Waals surface area (Å²) in [5.41, 5.74) is -0.504. The molecule has 0 radical (unpaired) electrons. The van der Waals surface area contributed by atoms with Crippen LogP contribution in [0.3, 0.4) is 0 Å². The molecule has 1 amide bonds. The highest BCUT2D eigenvalue weighted by Crippen LogP contribution is 2.14. The molecule has 15 heavy (non-hydrogen) atoms. The summed E-state index contributed by atoms with van der Waals surface area (Å²) in [7, 11) is 1.82. The first kappa shape index (κ1) is 12.0. The van der Waals surface area contributed by atoms with Crippen LogP contribution in [0.2, 0.25) is 0 Å². The average Bonchev–Trinajstić information content (AvgIpc) is 2.26. The van der Waals surface area contributed by atoms with Crippen molar-refractivity contribution in [2.75, 3.05) is 5.32 Å². The van der Waals surface area contributed by atoms with Crippen LogP contribution in [0.15, 0.2) is 10.9 Å². The van der Waals surface area contributed by atoms with E-state index in [0.29, 0.717) is 10.6 Å². The number of anilines is 1. The molecule has 0 atom stereocenters. The molecule has 84 valence electrons. The lowest BCUT2D eigenvalue weighted by Gasteiger charge is -2.18. The average molecular weight is 276 g/mol. The van der Waals surface area contributed by atoms with Crippen molar-refractivity contribution in [3.8, 4) is 0 Å². The number of imidazole rings is 1. The first-order valence-corrected chi connectivity index (χ1v) is 5.26. The second-order valence-corrected chi connectivity index (χ2v) is 4.84. The predicted molar refractivity (Wildman–Crippen MR) is 60.8 cm³/mol. The molecule has 5 nitrogen and oxygen atoms in total. The Morgan fingerprint density at radius 2 is 2.20 bits per heavy atom. The van der Waals surface area contributed by atoms with Gasteiger partial charge in [-0.25, -0.2) is 9.78 Å². The van der Waals surface area contributed by atoms with Gasteiger partial charge in [-0.3, -0.25) is 5.32 Å². The number of hydrogen-bond donors (Lipinski definition) is 1. The van der Waals surface area contributed by atoms with Crippen LogP contribution in [0.4, 0.5) is 10.6 Å². The maximum Gasteiger partial charge on any atom is 0.413 e. The van der Waals surface area contributed by atoms with Crippen molar-refractivity contribution in [1.82, 2.24) is 9.55 Å². The molecule has 0 aliphatic rings. The lowest BCUT2D eigenvalue weighted by molar-refractivity contribution is 0.0635. The Hall–Kier alpha value is -1.04. The minimum Gasteiger partial charge on any atom is -0.444 e. The Labute approximate surface area is 97.0 Å². The van der Waals surface area contributed by atoms with Gasteiger partial charge >= 0.3 is 6.09 Å². The molecule has 1 rings (SSSR count). The lowest BCUT2D eigenvalue weighted by Crippen LogP contribution is -2.27. The molecule has 0 fully saturated rings. The van der Waals surface area contributed by atoms with E-state index in [1.807, 2.05) is 7.05 Å². The summed E-state index contributed by atoms with van der Waals surface area (Å²) < 4.78 is 7.47. The molecular formula is C9H14BrN3O2. The smallest absolute Gasteiger partial charge is 0.413 e. The SMILES string of the molecule is Cn1cc(NC(=O)OC(C)(C)C)nc1Br. The quantitative estimate of drug-likeness (QED) is 0.857. The van der Waals surface area contributed by atoms with E-state index in [-0.39, 0.29) is 0 Å². The van der Waals surface area contributed by atoms with Crippen LogP contribution in [0.5, 0.6) is 0 Å². The zero-order chi connectivity index (χ0) is 11.6. The summed E-state index contributed by atoms with van der Waals surface area (Å²) >= 11 is 3.23. The summed E-state index contributed by atoms with van der Waals surface area (Å²) in [5, 5.41) is 2.54. The van der Waals surface area contributed by atoms with Gasteiger partial charge in [-0.2, -0.15) is 0 Å². The van der Waals surface area contributed by atoms with Crippen molar-refractivity contribution in [1.29, 1.82) is 0 Å². The van der Waals surface area contributed by atoms with Crippen LogP contribution in [-0.4, -0.2) is 21.2 Å². The minimum absolute atomic E-state index is 0.457. The number of nitrogens with one attached hydrogen (secondary N) is 1. The third-order valence-electron chi connectivity index (χ3n) is 1.45. The first-order chi connectivity index (χ1) is 6.78. The van der Waals surface area contributed by atoms with Crippen LogP contribution < -0.4 is 5.32 Å². The number of halogens is 1. The number of carbonyl (C=O) groups is 1. The standard InChI is InChI=1S/C9H14BrN3O2/c1-9(2,3)15-8(14)12-6-5-13(4)7(10)11-6/h5H,1-4H3,(H,12,14). The molecule has 0 aliphatic heterocycles. The van der Waals surface area contributed by atoms with Crippen molar-refractivity contribution in [2.24, 2.45) is 7.05 Å². The van der Waals surface area contributed by atoms with Crippen LogP contribution in [0, 0.1) is 0 Å². The van der Waals surface area contributed by atoms with Crippen LogP contribution in [0.25, 0.3) is 0 Å². The number of amides is 1. The van der Waals surface area contributed by atoms with Gasteiger partial charge in [0.2, 0.25) is 0 Å². The highest BCUT2D eigenvalue weighted by atomic mass is 79.9. The fourth-order valence-corrected chi connectivity index (χ4v) is 1.21. The molecule has 1 heterocycles. The highest BCUT2D eigenvalue weighted by molar-refractivity contribution is 9.10. The number of hydrogen-bond acceptors (Lipinski definition) is 3. The van der Waals surface area contributed by atoms with Crippen molar-refractivity contribution in [3.63, 3.8) is 0 Å². The Balaban J connectivity index is 2.59. The van der Waals surface area contributed by atoms with Gasteiger partial charge in [-0.1, -0.05) is 0 Å². The zero-order valence-corrected chi connectivity index (χ0v) is 10.8. The highest BCUT2D eigenvalue weighted by Gasteiger charge is 2.17. The van der Waals surface area contributed by atoms with Gasteiger partial charge in [0, 0.05) is 13.2 Å². The van der Waals surface area contributed by atoms with E-state index in [1.165, 1.54) is 0 Å². The number of aryl methyl sites for hydroxylation is 1. The predicted octanol–water partition coefficient (Wildman–Crippen LogP) is 2.53. The Bertz CT molecular complexity index is 348. The second-order valence-electron chi connectivity index (χ2n) is 4.13. The van der Waals surface area contributed by atoms with Gasteiger partial charge in [0.25, 0.3) is 0 Å². The summed E-state index contributed by atoms with van der Waals surface area (Å²) in [5.74, 6) is 0.457. The third kappa shape index (κ3) is 3.91. The summed E-state index contributed by atoms with van der Waals surface area (Å²) in [6, 6.07) is 0. The van der Waals surface area contributed by atoms with Gasteiger partial charge in [-0.05, 0) is 36.7 Å². The Morgan fingerprint density at radius 3 is 2.60 bits per heavy atom. The Kier molecular flexibility index (Phi) is 3.38. The molecule has 0 spiro atoms. The summed E-state index contributed by atoms with van der Waals surface area (Å²) in [6.07, 6.45) is 1.18. The van der Waals surface area contributed by atoms with Gasteiger partial charge in [-0.15, -0.1) is 0 Å². The number of carbonyl (C=O) groups excluding carboxylic acids is 1. The number of aromatic nitrogens is 2. The largest absolute Gasteiger partial charge is 0.444 e. The fourth-order valence-electron chi connectivity index (χ4n) is 0.912. The molecule has 0 aromatic carbocycles. The molecule has 1 aromatic rings. The lowest BCUT2D eigenvalue weighted by atomic mass is 10.2. The minimum atomic E-state index is -0.506. The molecule has 1 N–H and O–H groups in total. The number of rotatable bonds is 1. The number of nitrogens with zero attached hydrogens (tertiary/aromatic N) is 2. The van der Waals surface area contributed by atoms with Crippen molar-refractivity contribution in [3.05, 3.63) is 10.9 Å². The molecule has 0 aliphatic carbocycles. The van der Waals surface area contributed by atoms with E-state index in [0.717, 1.165) is 0 Å². The van der Waals surface area contributed by atoms with Crippen molar-refractivity contribution >= 4 is 27.8 Å². The first-order valence-electron chi connectivity index (χ1n) is 4.47. The van der Waals surface area contributed by atoms with Gasteiger partial charge in [0.1, 0.15) is 5.60 Å². The van der Waals surface area contributed by atoms with Gasteiger partial charge in [0.05, 0.1) is 0 Å². The molecular weight excluding hydrogens is 262 g/mol.